The Morgan fingerprint density at radius 2 is 2.16 bits per heavy atom. The van der Waals surface area contributed by atoms with Crippen molar-refractivity contribution in [1.82, 2.24) is 9.78 Å². The van der Waals surface area contributed by atoms with Crippen LogP contribution in [0.1, 0.15) is 16.8 Å². The van der Waals surface area contributed by atoms with Gasteiger partial charge in [-0.25, -0.2) is 0 Å². The molecule has 0 fully saturated rings. The van der Waals surface area contributed by atoms with Gasteiger partial charge in [0.1, 0.15) is 0 Å². The lowest BCUT2D eigenvalue weighted by Crippen LogP contribution is -2.19. The molecule has 1 aromatic heterocycles. The minimum absolute atomic E-state index is 0.434. The minimum atomic E-state index is -0.771. The number of aromatic nitrogens is 2. The van der Waals surface area contributed by atoms with Crippen LogP contribution in [0.4, 0.5) is 0 Å². The molecule has 4 nitrogen and oxygen atoms in total. The van der Waals surface area contributed by atoms with Crippen LogP contribution in [0.15, 0.2) is 36.5 Å². The Balaban J connectivity index is 2.10. The molecule has 1 aromatic carbocycles. The van der Waals surface area contributed by atoms with E-state index in [1.807, 2.05) is 50.5 Å². The Bertz CT molecular complexity index is 575. The fraction of sp³-hybridized carbons (Fsp3) is 0.333. The van der Waals surface area contributed by atoms with Gasteiger partial charge in [0.25, 0.3) is 0 Å². The Morgan fingerprint density at radius 1 is 1.37 bits per heavy atom. The maximum Gasteiger partial charge on any atom is 0.307 e. The first-order valence-electron chi connectivity index (χ1n) is 6.31. The second-order valence-electron chi connectivity index (χ2n) is 4.91. The SMILES string of the molecule is Cc1cccc(CC(Cc2ccn(C)n2)C(=O)O)c1. The monoisotopic (exact) mass is 258 g/mol. The maximum atomic E-state index is 11.4. The summed E-state index contributed by atoms with van der Waals surface area (Å²) in [7, 11) is 1.83. The third-order valence-electron chi connectivity index (χ3n) is 3.14. The highest BCUT2D eigenvalue weighted by Crippen LogP contribution is 2.15. The zero-order chi connectivity index (χ0) is 13.8. The predicted octanol–water partition coefficient (Wildman–Crippen LogP) is 2.21. The summed E-state index contributed by atoms with van der Waals surface area (Å²) < 4.78 is 1.70. The lowest BCUT2D eigenvalue weighted by atomic mass is 9.94. The molecule has 2 aromatic rings. The number of aryl methyl sites for hydroxylation is 2. The molecule has 0 aliphatic rings. The Hall–Kier alpha value is -2.10. The van der Waals surface area contributed by atoms with Crippen LogP contribution in [-0.2, 0) is 24.7 Å². The highest BCUT2D eigenvalue weighted by Gasteiger charge is 2.19. The topological polar surface area (TPSA) is 55.1 Å². The molecule has 19 heavy (non-hydrogen) atoms. The molecular weight excluding hydrogens is 240 g/mol. The van der Waals surface area contributed by atoms with Crippen LogP contribution >= 0.6 is 0 Å². The number of rotatable bonds is 5. The molecule has 0 aliphatic heterocycles. The van der Waals surface area contributed by atoms with Crippen LogP contribution in [0.5, 0.6) is 0 Å². The molecule has 0 aliphatic carbocycles. The van der Waals surface area contributed by atoms with E-state index in [9.17, 15) is 9.90 Å². The molecule has 1 unspecified atom stereocenters. The van der Waals surface area contributed by atoms with Gasteiger partial charge in [0.2, 0.25) is 0 Å². The number of hydrogen-bond acceptors (Lipinski definition) is 2. The maximum absolute atomic E-state index is 11.4. The van der Waals surface area contributed by atoms with Crippen LogP contribution in [0, 0.1) is 12.8 Å². The van der Waals surface area contributed by atoms with Gasteiger partial charge in [-0.1, -0.05) is 29.8 Å². The first-order valence-corrected chi connectivity index (χ1v) is 6.31. The van der Waals surface area contributed by atoms with E-state index >= 15 is 0 Å². The average Bonchev–Trinajstić information content (AvgIpc) is 2.74. The first kappa shape index (κ1) is 13.3. The van der Waals surface area contributed by atoms with E-state index in [0.29, 0.717) is 12.8 Å². The molecule has 4 heteroatoms. The highest BCUT2D eigenvalue weighted by atomic mass is 16.4. The molecule has 0 saturated heterocycles. The first-order chi connectivity index (χ1) is 9.04. The third-order valence-corrected chi connectivity index (χ3v) is 3.14. The number of carboxylic acid groups (broad SMARTS) is 1. The van der Waals surface area contributed by atoms with Crippen molar-refractivity contribution >= 4 is 5.97 Å². The second-order valence-corrected chi connectivity index (χ2v) is 4.91. The summed E-state index contributed by atoms with van der Waals surface area (Å²) in [5.74, 6) is -1.20. The summed E-state index contributed by atoms with van der Waals surface area (Å²) in [5, 5.41) is 13.6. The number of carbonyl (C=O) groups is 1. The van der Waals surface area contributed by atoms with Crippen molar-refractivity contribution in [2.45, 2.75) is 19.8 Å². The van der Waals surface area contributed by atoms with Crippen LogP contribution in [0.25, 0.3) is 0 Å². The lowest BCUT2D eigenvalue weighted by molar-refractivity contribution is -0.141. The third kappa shape index (κ3) is 3.68. The van der Waals surface area contributed by atoms with Crippen LogP contribution in [0.3, 0.4) is 0 Å². The molecule has 1 atom stereocenters. The van der Waals surface area contributed by atoms with Gasteiger partial charge >= 0.3 is 5.97 Å². The van der Waals surface area contributed by atoms with Crippen LogP contribution in [0.2, 0.25) is 0 Å². The van der Waals surface area contributed by atoms with E-state index in [0.717, 1.165) is 16.8 Å². The summed E-state index contributed by atoms with van der Waals surface area (Å²) in [5.41, 5.74) is 3.03. The normalized spacial score (nSPS) is 12.3. The molecule has 0 amide bonds. The van der Waals surface area contributed by atoms with Crippen molar-refractivity contribution in [3.05, 3.63) is 53.3 Å². The summed E-state index contributed by atoms with van der Waals surface area (Å²) in [6.45, 7) is 2.01. The number of carboxylic acids is 1. The standard InChI is InChI=1S/C15H18N2O2/c1-11-4-3-5-12(8-11)9-13(15(18)19)10-14-6-7-17(2)16-14/h3-8,13H,9-10H2,1-2H3,(H,18,19). The molecule has 0 spiro atoms. The van der Waals surface area contributed by atoms with E-state index in [4.69, 9.17) is 0 Å². The molecule has 2 rings (SSSR count). The summed E-state index contributed by atoms with van der Waals surface area (Å²) in [6, 6.07) is 9.85. The van der Waals surface area contributed by atoms with E-state index < -0.39 is 11.9 Å². The predicted molar refractivity (Wildman–Crippen MR) is 72.9 cm³/mol. The lowest BCUT2D eigenvalue weighted by Gasteiger charge is -2.11. The van der Waals surface area contributed by atoms with Crippen molar-refractivity contribution < 1.29 is 9.90 Å². The molecule has 0 saturated carbocycles. The van der Waals surface area contributed by atoms with Gasteiger partial charge in [0.15, 0.2) is 0 Å². The molecule has 0 bridgehead atoms. The van der Waals surface area contributed by atoms with E-state index in [2.05, 4.69) is 5.10 Å². The zero-order valence-corrected chi connectivity index (χ0v) is 11.2. The van der Waals surface area contributed by atoms with Gasteiger partial charge < -0.3 is 5.11 Å². The quantitative estimate of drug-likeness (QED) is 0.894. The van der Waals surface area contributed by atoms with Crippen molar-refractivity contribution in [2.75, 3.05) is 0 Å². The Kier molecular flexibility index (Phi) is 4.00. The second kappa shape index (κ2) is 5.69. The van der Waals surface area contributed by atoms with Gasteiger partial charge in [-0.15, -0.1) is 0 Å². The number of benzene rings is 1. The number of aliphatic carboxylic acids is 1. The average molecular weight is 258 g/mol. The Morgan fingerprint density at radius 3 is 2.74 bits per heavy atom. The van der Waals surface area contributed by atoms with Crippen LogP contribution in [-0.4, -0.2) is 20.9 Å². The fourth-order valence-electron chi connectivity index (χ4n) is 2.19. The Labute approximate surface area is 112 Å². The van der Waals surface area contributed by atoms with Gasteiger partial charge in [0.05, 0.1) is 11.6 Å². The van der Waals surface area contributed by atoms with Gasteiger partial charge in [-0.2, -0.15) is 5.10 Å². The van der Waals surface area contributed by atoms with Crippen molar-refractivity contribution in [3.63, 3.8) is 0 Å². The van der Waals surface area contributed by atoms with Gasteiger partial charge in [-0.3, -0.25) is 9.48 Å². The fourth-order valence-corrected chi connectivity index (χ4v) is 2.19. The van der Waals surface area contributed by atoms with E-state index in [-0.39, 0.29) is 0 Å². The summed E-state index contributed by atoms with van der Waals surface area (Å²) in [4.78, 5) is 11.4. The molecular formula is C15H18N2O2. The number of hydrogen-bond donors (Lipinski definition) is 1. The smallest absolute Gasteiger partial charge is 0.307 e. The van der Waals surface area contributed by atoms with Gasteiger partial charge in [-0.05, 0) is 25.0 Å². The summed E-state index contributed by atoms with van der Waals surface area (Å²) in [6.07, 6.45) is 2.83. The summed E-state index contributed by atoms with van der Waals surface area (Å²) >= 11 is 0. The van der Waals surface area contributed by atoms with Crippen LogP contribution < -0.4 is 0 Å². The molecule has 1 heterocycles. The highest BCUT2D eigenvalue weighted by molar-refractivity contribution is 5.70. The molecule has 0 radical (unpaired) electrons. The zero-order valence-electron chi connectivity index (χ0n) is 11.2. The minimum Gasteiger partial charge on any atom is -0.481 e. The molecule has 1 N–H and O–H groups in total. The van der Waals surface area contributed by atoms with Crippen molar-refractivity contribution in [3.8, 4) is 0 Å². The largest absolute Gasteiger partial charge is 0.481 e. The number of nitrogens with zero attached hydrogens (tertiary/aromatic N) is 2. The van der Waals surface area contributed by atoms with E-state index in [1.165, 1.54) is 0 Å². The molecule has 100 valence electrons. The van der Waals surface area contributed by atoms with Crippen molar-refractivity contribution in [2.24, 2.45) is 13.0 Å². The van der Waals surface area contributed by atoms with Crippen molar-refractivity contribution in [1.29, 1.82) is 0 Å². The van der Waals surface area contributed by atoms with Gasteiger partial charge in [0, 0.05) is 19.7 Å². The van der Waals surface area contributed by atoms with E-state index in [1.54, 1.807) is 4.68 Å².